The zero-order valence-electron chi connectivity index (χ0n) is 10.9. The quantitative estimate of drug-likeness (QED) is 0.758. The highest BCUT2D eigenvalue weighted by Crippen LogP contribution is 2.47. The number of rotatable bonds is 2. The highest BCUT2D eigenvalue weighted by atomic mass is 16.4. The predicted octanol–water partition coefficient (Wildman–Crippen LogP) is 1.56. The summed E-state index contributed by atoms with van der Waals surface area (Å²) in [7, 11) is 0. The van der Waals surface area contributed by atoms with Crippen LogP contribution in [0, 0.1) is 5.41 Å². The van der Waals surface area contributed by atoms with Crippen LogP contribution in [-0.4, -0.2) is 33.3 Å². The van der Waals surface area contributed by atoms with Crippen molar-refractivity contribution in [3.05, 3.63) is 0 Å². The van der Waals surface area contributed by atoms with E-state index in [9.17, 15) is 14.4 Å². The van der Waals surface area contributed by atoms with Gasteiger partial charge in [-0.25, -0.2) is 4.79 Å². The van der Waals surface area contributed by atoms with E-state index in [0.717, 1.165) is 30.6 Å². The number of aliphatic carboxylic acids is 1. The maximum Gasteiger partial charge on any atom is 0.329 e. The number of likely N-dealkylation sites (tertiary alicyclic amines) is 1. The average Bonchev–Trinajstić information content (AvgIpc) is 2.63. The maximum absolute atomic E-state index is 12.2. The molecule has 18 heavy (non-hydrogen) atoms. The minimum absolute atomic E-state index is 0.181. The monoisotopic (exact) mass is 253 g/mol. The fourth-order valence-corrected chi connectivity index (χ4v) is 3.20. The van der Waals surface area contributed by atoms with Gasteiger partial charge in [-0.1, -0.05) is 12.8 Å². The molecule has 5 nitrogen and oxygen atoms in total. The van der Waals surface area contributed by atoms with Crippen LogP contribution in [0.4, 0.5) is 0 Å². The van der Waals surface area contributed by atoms with E-state index < -0.39 is 11.5 Å². The van der Waals surface area contributed by atoms with Crippen molar-refractivity contribution in [2.45, 2.75) is 57.9 Å². The number of amides is 2. The van der Waals surface area contributed by atoms with Gasteiger partial charge in [-0.2, -0.15) is 0 Å². The summed E-state index contributed by atoms with van der Waals surface area (Å²) in [5.74, 6) is -1.81. The molecule has 2 rings (SSSR count). The van der Waals surface area contributed by atoms with Crippen molar-refractivity contribution < 1.29 is 19.5 Å². The van der Waals surface area contributed by atoms with Crippen molar-refractivity contribution in [3.8, 4) is 0 Å². The highest BCUT2D eigenvalue weighted by Gasteiger charge is 2.51. The summed E-state index contributed by atoms with van der Waals surface area (Å²) in [5, 5.41) is 9.14. The second-order valence-electron chi connectivity index (χ2n) is 6.05. The Morgan fingerprint density at radius 3 is 2.00 bits per heavy atom. The molecule has 2 aliphatic rings. The van der Waals surface area contributed by atoms with Crippen LogP contribution < -0.4 is 0 Å². The lowest BCUT2D eigenvalue weighted by atomic mass is 9.75. The highest BCUT2D eigenvalue weighted by molar-refractivity contribution is 6.03. The van der Waals surface area contributed by atoms with Gasteiger partial charge in [0.25, 0.3) is 0 Å². The third-order valence-corrected chi connectivity index (χ3v) is 4.30. The van der Waals surface area contributed by atoms with Crippen molar-refractivity contribution in [2.24, 2.45) is 5.41 Å². The van der Waals surface area contributed by atoms with E-state index in [2.05, 4.69) is 0 Å². The SMILES string of the molecule is CC(C)(C(=O)O)N1C(=O)CC2(CCCC2)CC1=O. The van der Waals surface area contributed by atoms with E-state index in [4.69, 9.17) is 5.11 Å². The molecule has 0 aromatic rings. The number of carboxylic acids is 1. The van der Waals surface area contributed by atoms with E-state index in [1.54, 1.807) is 0 Å². The van der Waals surface area contributed by atoms with Gasteiger partial charge in [-0.3, -0.25) is 14.5 Å². The molecule has 0 aromatic heterocycles. The van der Waals surface area contributed by atoms with Crippen molar-refractivity contribution in [2.75, 3.05) is 0 Å². The molecule has 1 spiro atoms. The molecule has 0 aromatic carbocycles. The number of carboxylic acid groups (broad SMARTS) is 1. The number of hydrogen-bond donors (Lipinski definition) is 1. The van der Waals surface area contributed by atoms with Gasteiger partial charge < -0.3 is 5.11 Å². The van der Waals surface area contributed by atoms with Crippen LogP contribution in [0.1, 0.15) is 52.4 Å². The molecule has 0 radical (unpaired) electrons. The molecule has 2 amide bonds. The van der Waals surface area contributed by atoms with Gasteiger partial charge in [0.15, 0.2) is 0 Å². The zero-order valence-corrected chi connectivity index (χ0v) is 10.9. The van der Waals surface area contributed by atoms with Gasteiger partial charge in [-0.05, 0) is 32.1 Å². The molecule has 2 fully saturated rings. The first-order valence-electron chi connectivity index (χ1n) is 6.38. The largest absolute Gasteiger partial charge is 0.480 e. The van der Waals surface area contributed by atoms with Gasteiger partial charge in [0.05, 0.1) is 0 Å². The zero-order chi connectivity index (χ0) is 13.6. The molecule has 0 atom stereocenters. The first-order chi connectivity index (χ1) is 8.28. The summed E-state index contributed by atoms with van der Waals surface area (Å²) in [6, 6.07) is 0. The molecule has 100 valence electrons. The third kappa shape index (κ3) is 1.91. The van der Waals surface area contributed by atoms with Crippen LogP contribution in [0.5, 0.6) is 0 Å². The molecule has 1 saturated heterocycles. The van der Waals surface area contributed by atoms with Crippen LogP contribution in [-0.2, 0) is 14.4 Å². The number of imide groups is 1. The maximum atomic E-state index is 12.2. The van der Waals surface area contributed by atoms with E-state index in [1.165, 1.54) is 13.8 Å². The molecule has 5 heteroatoms. The van der Waals surface area contributed by atoms with Gasteiger partial charge >= 0.3 is 5.97 Å². The number of nitrogens with zero attached hydrogens (tertiary/aromatic N) is 1. The Morgan fingerprint density at radius 2 is 1.61 bits per heavy atom. The van der Waals surface area contributed by atoms with Gasteiger partial charge in [0.2, 0.25) is 11.8 Å². The molecule has 1 aliphatic carbocycles. The van der Waals surface area contributed by atoms with Crippen molar-refractivity contribution >= 4 is 17.8 Å². The molecule has 1 saturated carbocycles. The van der Waals surface area contributed by atoms with Crippen LogP contribution >= 0.6 is 0 Å². The molecule has 1 heterocycles. The van der Waals surface area contributed by atoms with Crippen LogP contribution in [0.2, 0.25) is 0 Å². The minimum Gasteiger partial charge on any atom is -0.480 e. The lowest BCUT2D eigenvalue weighted by Crippen LogP contribution is -2.59. The van der Waals surface area contributed by atoms with Crippen molar-refractivity contribution in [3.63, 3.8) is 0 Å². The van der Waals surface area contributed by atoms with Crippen molar-refractivity contribution in [1.82, 2.24) is 4.90 Å². The molecule has 1 N–H and O–H groups in total. The number of carbonyl (C=O) groups is 3. The Labute approximate surface area is 106 Å². The summed E-state index contributed by atoms with van der Waals surface area (Å²) in [5.41, 5.74) is -1.63. The van der Waals surface area contributed by atoms with Gasteiger partial charge in [-0.15, -0.1) is 0 Å². The summed E-state index contributed by atoms with van der Waals surface area (Å²) in [6.07, 6.45) is 4.56. The molecule has 0 unspecified atom stereocenters. The van der Waals surface area contributed by atoms with E-state index in [-0.39, 0.29) is 17.2 Å². The average molecular weight is 253 g/mol. The normalized spacial score (nSPS) is 23.8. The number of carbonyl (C=O) groups excluding carboxylic acids is 2. The standard InChI is InChI=1S/C13H19NO4/c1-12(2,11(17)18)14-9(15)7-13(8-10(14)16)5-3-4-6-13/h3-8H2,1-2H3,(H,17,18). The number of hydrogen-bond acceptors (Lipinski definition) is 3. The topological polar surface area (TPSA) is 74.7 Å². The Hall–Kier alpha value is -1.39. The Morgan fingerprint density at radius 1 is 1.17 bits per heavy atom. The van der Waals surface area contributed by atoms with Gasteiger partial charge in [0.1, 0.15) is 5.54 Å². The Balaban J connectivity index is 2.24. The van der Waals surface area contributed by atoms with Crippen molar-refractivity contribution in [1.29, 1.82) is 0 Å². The summed E-state index contributed by atoms with van der Waals surface area (Å²) in [6.45, 7) is 2.80. The molecular formula is C13H19NO4. The van der Waals surface area contributed by atoms with Crippen LogP contribution in [0.3, 0.4) is 0 Å². The fraction of sp³-hybridized carbons (Fsp3) is 0.769. The third-order valence-electron chi connectivity index (χ3n) is 4.30. The molecule has 1 aliphatic heterocycles. The Bertz CT molecular complexity index is 387. The second kappa shape index (κ2) is 4.07. The number of piperidine rings is 1. The smallest absolute Gasteiger partial charge is 0.329 e. The predicted molar refractivity (Wildman–Crippen MR) is 63.7 cm³/mol. The Kier molecular flexibility index (Phi) is 2.95. The molecular weight excluding hydrogens is 234 g/mol. The first kappa shape index (κ1) is 13.1. The first-order valence-corrected chi connectivity index (χ1v) is 6.38. The summed E-state index contributed by atoms with van der Waals surface area (Å²) >= 11 is 0. The summed E-state index contributed by atoms with van der Waals surface area (Å²) < 4.78 is 0. The van der Waals surface area contributed by atoms with Crippen LogP contribution in [0.25, 0.3) is 0 Å². The van der Waals surface area contributed by atoms with E-state index >= 15 is 0 Å². The molecule has 0 bridgehead atoms. The van der Waals surface area contributed by atoms with Gasteiger partial charge in [0, 0.05) is 12.8 Å². The van der Waals surface area contributed by atoms with E-state index in [1.807, 2.05) is 0 Å². The lowest BCUT2D eigenvalue weighted by molar-refractivity contribution is -0.170. The minimum atomic E-state index is -1.45. The second-order valence-corrected chi connectivity index (χ2v) is 6.05. The van der Waals surface area contributed by atoms with E-state index in [0.29, 0.717) is 12.8 Å². The lowest BCUT2D eigenvalue weighted by Gasteiger charge is -2.42. The summed E-state index contributed by atoms with van der Waals surface area (Å²) in [4.78, 5) is 36.4. The van der Waals surface area contributed by atoms with Crippen LogP contribution in [0.15, 0.2) is 0 Å². The fourth-order valence-electron chi connectivity index (χ4n) is 3.20.